The number of amides is 1. The molecule has 0 aliphatic carbocycles. The zero-order chi connectivity index (χ0) is 24.4. The van der Waals surface area contributed by atoms with Gasteiger partial charge >= 0.3 is 0 Å². The number of aromatic nitrogens is 1. The third-order valence-electron chi connectivity index (χ3n) is 5.67. The van der Waals surface area contributed by atoms with Crippen molar-refractivity contribution in [1.82, 2.24) is 10.3 Å². The van der Waals surface area contributed by atoms with E-state index >= 15 is 0 Å². The van der Waals surface area contributed by atoms with Crippen molar-refractivity contribution in [3.63, 3.8) is 0 Å². The van der Waals surface area contributed by atoms with Gasteiger partial charge < -0.3 is 20.5 Å². The number of hydrogen-bond donors (Lipinski definition) is 2. The summed E-state index contributed by atoms with van der Waals surface area (Å²) in [6.07, 6.45) is 0. The average molecular weight is 502 g/mol. The highest BCUT2D eigenvalue weighted by Crippen LogP contribution is 2.44. The summed E-state index contributed by atoms with van der Waals surface area (Å²) in [5, 5.41) is 5.69. The molecule has 1 amide bonds. The van der Waals surface area contributed by atoms with Crippen LogP contribution in [0.3, 0.4) is 0 Å². The number of thiophene rings is 2. The fourth-order valence-corrected chi connectivity index (χ4v) is 5.63. The summed E-state index contributed by atoms with van der Waals surface area (Å²) in [5.74, 6) is 1.14. The van der Waals surface area contributed by atoms with E-state index in [0.29, 0.717) is 33.4 Å². The molecule has 3 aromatic heterocycles. The lowest BCUT2D eigenvalue weighted by molar-refractivity contribution is 0.0956. The summed E-state index contributed by atoms with van der Waals surface area (Å²) in [5.41, 5.74) is 10.4. The second-order valence-corrected chi connectivity index (χ2v) is 9.81. The van der Waals surface area contributed by atoms with E-state index in [2.05, 4.69) is 5.32 Å². The second kappa shape index (κ2) is 9.77. The van der Waals surface area contributed by atoms with Crippen molar-refractivity contribution < 1.29 is 14.3 Å². The molecule has 0 saturated heterocycles. The molecule has 5 rings (SSSR count). The molecular weight excluding hydrogens is 478 g/mol. The molecule has 2 aromatic carbocycles. The van der Waals surface area contributed by atoms with Gasteiger partial charge in [0.1, 0.15) is 21.2 Å². The van der Waals surface area contributed by atoms with Gasteiger partial charge in [-0.2, -0.15) is 0 Å². The van der Waals surface area contributed by atoms with E-state index < -0.39 is 0 Å². The van der Waals surface area contributed by atoms with Gasteiger partial charge in [0.15, 0.2) is 0 Å². The Morgan fingerprint density at radius 3 is 2.54 bits per heavy atom. The van der Waals surface area contributed by atoms with Crippen molar-refractivity contribution in [3.05, 3.63) is 81.9 Å². The first-order valence-corrected chi connectivity index (χ1v) is 12.6. The zero-order valence-electron chi connectivity index (χ0n) is 19.2. The monoisotopic (exact) mass is 501 g/mol. The SMILES string of the molecule is COc1ccc(OC)c(-c2cc(-c3ccccc3)nc3sc(C(=O)NCc4cccs4)c(N)c23)c1. The molecule has 0 fully saturated rings. The van der Waals surface area contributed by atoms with Gasteiger partial charge in [-0.05, 0) is 35.7 Å². The minimum absolute atomic E-state index is 0.219. The molecule has 5 aromatic rings. The van der Waals surface area contributed by atoms with E-state index in [1.165, 1.54) is 11.3 Å². The summed E-state index contributed by atoms with van der Waals surface area (Å²) >= 11 is 2.89. The van der Waals surface area contributed by atoms with Gasteiger partial charge in [0.05, 0.1) is 32.1 Å². The third-order valence-corrected chi connectivity index (χ3v) is 7.65. The molecule has 3 heterocycles. The van der Waals surface area contributed by atoms with E-state index in [0.717, 1.165) is 32.6 Å². The maximum atomic E-state index is 13.1. The summed E-state index contributed by atoms with van der Waals surface area (Å²) in [6, 6.07) is 21.5. The van der Waals surface area contributed by atoms with Crippen LogP contribution in [0.15, 0.2) is 72.1 Å². The summed E-state index contributed by atoms with van der Waals surface area (Å²) in [6.45, 7) is 0.448. The fraction of sp³-hybridized carbons (Fsp3) is 0.111. The minimum Gasteiger partial charge on any atom is -0.497 e. The van der Waals surface area contributed by atoms with Crippen LogP contribution >= 0.6 is 22.7 Å². The Balaban J connectivity index is 1.69. The highest BCUT2D eigenvalue weighted by molar-refractivity contribution is 7.21. The Morgan fingerprint density at radius 2 is 1.83 bits per heavy atom. The highest BCUT2D eigenvalue weighted by Gasteiger charge is 2.23. The molecule has 35 heavy (non-hydrogen) atoms. The zero-order valence-corrected chi connectivity index (χ0v) is 20.8. The molecule has 0 saturated carbocycles. The normalized spacial score (nSPS) is 10.9. The number of nitrogens with two attached hydrogens (primary N) is 1. The van der Waals surface area contributed by atoms with Crippen LogP contribution in [-0.2, 0) is 6.54 Å². The van der Waals surface area contributed by atoms with Gasteiger partial charge in [0.25, 0.3) is 5.91 Å². The van der Waals surface area contributed by atoms with Crippen molar-refractivity contribution in [1.29, 1.82) is 0 Å². The van der Waals surface area contributed by atoms with Gasteiger partial charge in [-0.15, -0.1) is 22.7 Å². The van der Waals surface area contributed by atoms with Crippen molar-refractivity contribution >= 4 is 44.5 Å². The number of benzene rings is 2. The Bertz CT molecular complexity index is 1500. The molecule has 0 aliphatic rings. The lowest BCUT2D eigenvalue weighted by Gasteiger charge is -2.14. The van der Waals surface area contributed by atoms with Crippen molar-refractivity contribution in [2.24, 2.45) is 0 Å². The Labute approximate surface area is 211 Å². The fourth-order valence-electron chi connectivity index (χ4n) is 3.94. The topological polar surface area (TPSA) is 86.5 Å². The Kier molecular flexibility index (Phi) is 6.39. The van der Waals surface area contributed by atoms with E-state index in [1.54, 1.807) is 25.6 Å². The number of hydrogen-bond acceptors (Lipinski definition) is 7. The van der Waals surface area contributed by atoms with Crippen LogP contribution < -0.4 is 20.5 Å². The smallest absolute Gasteiger partial charge is 0.263 e. The maximum Gasteiger partial charge on any atom is 0.263 e. The number of nitrogens with zero attached hydrogens (tertiary/aromatic N) is 1. The number of carbonyl (C=O) groups is 1. The number of pyridine rings is 1. The van der Waals surface area contributed by atoms with E-state index in [1.807, 2.05) is 72.1 Å². The van der Waals surface area contributed by atoms with Crippen molar-refractivity contribution in [3.8, 4) is 33.9 Å². The lowest BCUT2D eigenvalue weighted by Crippen LogP contribution is -2.22. The van der Waals surface area contributed by atoms with Crippen molar-refractivity contribution in [2.45, 2.75) is 6.54 Å². The van der Waals surface area contributed by atoms with E-state index in [-0.39, 0.29) is 5.91 Å². The highest BCUT2D eigenvalue weighted by atomic mass is 32.1. The average Bonchev–Trinajstić information content (AvgIpc) is 3.55. The molecule has 6 nitrogen and oxygen atoms in total. The van der Waals surface area contributed by atoms with Crippen LogP contribution in [0.2, 0.25) is 0 Å². The molecule has 0 radical (unpaired) electrons. The van der Waals surface area contributed by atoms with Gasteiger partial charge in [-0.3, -0.25) is 4.79 Å². The summed E-state index contributed by atoms with van der Waals surface area (Å²) in [7, 11) is 3.25. The molecule has 0 spiro atoms. The minimum atomic E-state index is -0.219. The number of rotatable bonds is 7. The lowest BCUT2D eigenvalue weighted by atomic mass is 9.98. The Hall–Kier alpha value is -3.88. The largest absolute Gasteiger partial charge is 0.497 e. The number of nitrogen functional groups attached to an aromatic ring is 1. The number of methoxy groups -OCH3 is 2. The number of anilines is 1. The maximum absolute atomic E-state index is 13.1. The van der Waals surface area contributed by atoms with Crippen LogP contribution in [0, 0.1) is 0 Å². The number of carbonyl (C=O) groups excluding carboxylic acids is 1. The van der Waals surface area contributed by atoms with Crippen LogP contribution in [0.1, 0.15) is 14.5 Å². The van der Waals surface area contributed by atoms with E-state index in [9.17, 15) is 4.79 Å². The molecule has 0 atom stereocenters. The number of fused-ring (bicyclic) bond motifs is 1. The first-order valence-electron chi connectivity index (χ1n) is 10.9. The molecule has 8 heteroatoms. The summed E-state index contributed by atoms with van der Waals surface area (Å²) < 4.78 is 11.2. The molecule has 0 bridgehead atoms. The molecule has 0 unspecified atom stereocenters. The number of ether oxygens (including phenoxy) is 2. The first kappa shape index (κ1) is 22.9. The van der Waals surface area contributed by atoms with Gasteiger partial charge in [-0.1, -0.05) is 36.4 Å². The second-order valence-electron chi connectivity index (χ2n) is 7.77. The first-order chi connectivity index (χ1) is 17.1. The Morgan fingerprint density at radius 1 is 1.00 bits per heavy atom. The van der Waals surface area contributed by atoms with Crippen LogP contribution in [0.25, 0.3) is 32.6 Å². The summed E-state index contributed by atoms with van der Waals surface area (Å²) in [4.78, 5) is 20.2. The van der Waals surface area contributed by atoms with Crippen LogP contribution in [0.5, 0.6) is 11.5 Å². The predicted molar refractivity (Wildman–Crippen MR) is 143 cm³/mol. The third kappa shape index (κ3) is 4.45. The van der Waals surface area contributed by atoms with Gasteiger partial charge in [0.2, 0.25) is 0 Å². The predicted octanol–water partition coefficient (Wildman–Crippen LogP) is 6.22. The molecule has 176 valence electrons. The number of nitrogens with one attached hydrogen (secondary N) is 1. The van der Waals surface area contributed by atoms with Crippen LogP contribution in [0.4, 0.5) is 5.69 Å². The van der Waals surface area contributed by atoms with Gasteiger partial charge in [-0.25, -0.2) is 4.98 Å². The van der Waals surface area contributed by atoms with Gasteiger partial charge in [0, 0.05) is 27.0 Å². The molecular formula is C27H23N3O3S2. The standard InChI is InChI=1S/C27H23N3O3S2/c1-32-17-10-11-22(33-2)19(13-17)20-14-21(16-7-4-3-5-8-16)30-27-23(20)24(28)25(35-27)26(31)29-15-18-9-6-12-34-18/h3-14H,15,28H2,1-2H3,(H,29,31). The van der Waals surface area contributed by atoms with Crippen molar-refractivity contribution in [2.75, 3.05) is 20.0 Å². The quantitative estimate of drug-likeness (QED) is 0.276. The van der Waals surface area contributed by atoms with Crippen LogP contribution in [-0.4, -0.2) is 25.1 Å². The molecule has 0 aliphatic heterocycles. The van der Waals surface area contributed by atoms with E-state index in [4.69, 9.17) is 20.2 Å². The molecule has 3 N–H and O–H groups in total.